The van der Waals surface area contributed by atoms with Gasteiger partial charge in [-0.05, 0) is 31.2 Å². The van der Waals surface area contributed by atoms with Gasteiger partial charge in [-0.2, -0.15) is 0 Å². The largest absolute Gasteiger partial charge is 0.460 e. The minimum absolute atomic E-state index is 0. The van der Waals surface area contributed by atoms with E-state index in [4.69, 9.17) is 16.0 Å². The zero-order valence-corrected chi connectivity index (χ0v) is 15.2. The van der Waals surface area contributed by atoms with E-state index < -0.39 is 4.92 Å². The Morgan fingerprint density at radius 3 is 2.67 bits per heavy atom. The van der Waals surface area contributed by atoms with Gasteiger partial charge >= 0.3 is 0 Å². The fourth-order valence-electron chi connectivity index (χ4n) is 2.32. The third-order valence-electron chi connectivity index (χ3n) is 3.60. The second-order valence-corrected chi connectivity index (χ2v) is 5.83. The van der Waals surface area contributed by atoms with E-state index in [1.165, 1.54) is 31.4 Å². The number of halogens is 2. The Hall–Kier alpha value is -1.56. The van der Waals surface area contributed by atoms with Crippen molar-refractivity contribution >= 4 is 29.7 Å². The van der Waals surface area contributed by atoms with Crippen molar-refractivity contribution in [1.82, 2.24) is 5.32 Å². The molecule has 0 amide bonds. The Kier molecular flexibility index (Phi) is 8.82. The summed E-state index contributed by atoms with van der Waals surface area (Å²) >= 11 is 6.11. The molecule has 0 atom stereocenters. The highest BCUT2D eigenvalue weighted by Crippen LogP contribution is 2.32. The first-order valence-corrected chi connectivity index (χ1v) is 8.23. The highest BCUT2D eigenvalue weighted by Gasteiger charge is 2.13. The maximum Gasteiger partial charge on any atom is 0.270 e. The Balaban J connectivity index is 0.00000288. The molecule has 2 aromatic rings. The van der Waals surface area contributed by atoms with Crippen molar-refractivity contribution in [2.45, 2.75) is 39.2 Å². The van der Waals surface area contributed by atoms with Gasteiger partial charge in [0.25, 0.3) is 5.69 Å². The normalized spacial score (nSPS) is 10.4. The molecule has 5 nitrogen and oxygen atoms in total. The third-order valence-corrected chi connectivity index (χ3v) is 3.91. The number of nitro groups is 1. The average molecular weight is 373 g/mol. The molecule has 0 saturated heterocycles. The van der Waals surface area contributed by atoms with Crippen molar-refractivity contribution in [2.75, 3.05) is 6.54 Å². The number of nitro benzene ring substituents is 1. The van der Waals surface area contributed by atoms with Crippen molar-refractivity contribution < 1.29 is 9.34 Å². The molecule has 2 rings (SSSR count). The minimum atomic E-state index is -0.467. The van der Waals surface area contributed by atoms with E-state index >= 15 is 0 Å². The minimum Gasteiger partial charge on any atom is -0.460 e. The van der Waals surface area contributed by atoms with Crippen LogP contribution in [-0.2, 0) is 6.54 Å². The zero-order valence-electron chi connectivity index (χ0n) is 13.6. The maximum absolute atomic E-state index is 10.7. The van der Waals surface area contributed by atoms with Gasteiger partial charge in [0.15, 0.2) is 0 Å². The fraction of sp³-hybridized carbons (Fsp3) is 0.412. The molecule has 0 aliphatic rings. The summed E-state index contributed by atoms with van der Waals surface area (Å²) in [6.07, 6.45) is 4.91. The van der Waals surface area contributed by atoms with E-state index in [2.05, 4.69) is 12.2 Å². The quantitative estimate of drug-likeness (QED) is 0.353. The van der Waals surface area contributed by atoms with Crippen LogP contribution in [0.1, 0.15) is 38.4 Å². The molecule has 1 aromatic carbocycles. The fourth-order valence-corrected chi connectivity index (χ4v) is 2.59. The number of hydrogen-bond acceptors (Lipinski definition) is 4. The van der Waals surface area contributed by atoms with Crippen LogP contribution in [0.15, 0.2) is 34.7 Å². The second kappa shape index (κ2) is 10.3. The van der Waals surface area contributed by atoms with Crippen LogP contribution in [0.2, 0.25) is 5.02 Å². The van der Waals surface area contributed by atoms with Crippen LogP contribution < -0.4 is 5.32 Å². The zero-order chi connectivity index (χ0) is 16.7. The first-order chi connectivity index (χ1) is 11.1. The molecule has 1 heterocycles. The Labute approximate surface area is 152 Å². The number of non-ortho nitro benzene ring substituents is 1. The van der Waals surface area contributed by atoms with Crippen LogP contribution in [0, 0.1) is 10.1 Å². The van der Waals surface area contributed by atoms with Gasteiger partial charge in [0.05, 0.1) is 16.5 Å². The first-order valence-electron chi connectivity index (χ1n) is 7.85. The predicted octanol–water partition coefficient (Wildman–Crippen LogP) is 5.60. The summed E-state index contributed by atoms with van der Waals surface area (Å²) in [7, 11) is 0. The Bertz CT molecular complexity index is 659. The summed E-state index contributed by atoms with van der Waals surface area (Å²) < 4.78 is 5.76. The molecule has 0 unspecified atom stereocenters. The van der Waals surface area contributed by atoms with Gasteiger partial charge in [-0.15, -0.1) is 12.4 Å². The van der Waals surface area contributed by atoms with Crippen LogP contribution in [0.5, 0.6) is 0 Å². The summed E-state index contributed by atoms with van der Waals surface area (Å²) in [5, 5.41) is 14.4. The number of nitrogens with one attached hydrogen (secondary N) is 1. The lowest BCUT2D eigenvalue weighted by atomic mass is 10.1. The maximum atomic E-state index is 10.7. The lowest BCUT2D eigenvalue weighted by Gasteiger charge is -2.03. The molecule has 1 aromatic heterocycles. The number of hydrogen-bond donors (Lipinski definition) is 1. The van der Waals surface area contributed by atoms with Crippen molar-refractivity contribution in [1.29, 1.82) is 0 Å². The Morgan fingerprint density at radius 2 is 2.00 bits per heavy atom. The van der Waals surface area contributed by atoms with Gasteiger partial charge in [0.2, 0.25) is 0 Å². The molecule has 0 spiro atoms. The molecule has 132 valence electrons. The lowest BCUT2D eigenvalue weighted by Crippen LogP contribution is -2.14. The molecule has 0 radical (unpaired) electrons. The van der Waals surface area contributed by atoms with E-state index in [9.17, 15) is 10.1 Å². The van der Waals surface area contributed by atoms with Gasteiger partial charge in [0.1, 0.15) is 11.5 Å². The molecular formula is C17H22Cl2N2O3. The number of rotatable bonds is 9. The number of furan rings is 1. The number of unbranched alkanes of at least 4 members (excludes halogenated alkanes) is 3. The van der Waals surface area contributed by atoms with E-state index in [0.29, 0.717) is 22.9 Å². The second-order valence-electron chi connectivity index (χ2n) is 5.42. The highest BCUT2D eigenvalue weighted by molar-refractivity contribution is 6.33. The van der Waals surface area contributed by atoms with Crippen LogP contribution in [0.4, 0.5) is 5.69 Å². The van der Waals surface area contributed by atoms with Crippen LogP contribution >= 0.6 is 24.0 Å². The van der Waals surface area contributed by atoms with Gasteiger partial charge in [-0.3, -0.25) is 10.1 Å². The average Bonchev–Trinajstić information content (AvgIpc) is 2.99. The molecule has 0 saturated carbocycles. The summed E-state index contributed by atoms with van der Waals surface area (Å²) in [6, 6.07) is 8.11. The van der Waals surface area contributed by atoms with E-state index in [1.54, 1.807) is 6.07 Å². The van der Waals surface area contributed by atoms with Crippen molar-refractivity contribution in [2.24, 2.45) is 0 Å². The third kappa shape index (κ3) is 5.82. The van der Waals surface area contributed by atoms with Gasteiger partial charge in [-0.25, -0.2) is 0 Å². The molecule has 0 aliphatic heterocycles. The van der Waals surface area contributed by atoms with Crippen molar-refractivity contribution in [3.8, 4) is 11.3 Å². The van der Waals surface area contributed by atoms with Gasteiger partial charge in [0, 0.05) is 17.7 Å². The molecule has 24 heavy (non-hydrogen) atoms. The smallest absolute Gasteiger partial charge is 0.270 e. The topological polar surface area (TPSA) is 68.3 Å². The van der Waals surface area contributed by atoms with Gasteiger partial charge < -0.3 is 9.73 Å². The lowest BCUT2D eigenvalue weighted by molar-refractivity contribution is -0.384. The molecule has 0 fully saturated rings. The summed E-state index contributed by atoms with van der Waals surface area (Å²) in [5.74, 6) is 1.44. The van der Waals surface area contributed by atoms with Crippen molar-refractivity contribution in [3.05, 3.63) is 51.2 Å². The molecule has 0 bridgehead atoms. The van der Waals surface area contributed by atoms with Crippen molar-refractivity contribution in [3.63, 3.8) is 0 Å². The number of nitrogens with zero attached hydrogens (tertiary/aromatic N) is 1. The van der Waals surface area contributed by atoms with E-state index in [1.807, 2.05) is 12.1 Å². The monoisotopic (exact) mass is 372 g/mol. The molecule has 1 N–H and O–H groups in total. The SMILES string of the molecule is CCCCCCNCc1ccc(-c2ccc([N+](=O)[O-])cc2Cl)o1.Cl. The first kappa shape index (κ1) is 20.5. The van der Waals surface area contributed by atoms with E-state index in [0.717, 1.165) is 18.7 Å². The van der Waals surface area contributed by atoms with Crippen LogP contribution in [0.3, 0.4) is 0 Å². The molecular weight excluding hydrogens is 351 g/mol. The summed E-state index contributed by atoms with van der Waals surface area (Å²) in [4.78, 5) is 10.3. The standard InChI is InChI=1S/C17H21ClN2O3.ClH/c1-2-3-4-5-10-19-12-14-7-9-17(23-14)15-8-6-13(20(21)22)11-16(15)18;/h6-9,11,19H,2-5,10,12H2,1H3;1H. The van der Waals surface area contributed by atoms with E-state index in [-0.39, 0.29) is 18.1 Å². The highest BCUT2D eigenvalue weighted by atomic mass is 35.5. The molecule has 7 heteroatoms. The van der Waals surface area contributed by atoms with Gasteiger partial charge in [-0.1, -0.05) is 37.8 Å². The summed E-state index contributed by atoms with van der Waals surface area (Å²) in [5.41, 5.74) is 0.630. The molecule has 0 aliphatic carbocycles. The Morgan fingerprint density at radius 1 is 1.21 bits per heavy atom. The van der Waals surface area contributed by atoms with Crippen LogP contribution in [-0.4, -0.2) is 11.5 Å². The summed E-state index contributed by atoms with van der Waals surface area (Å²) in [6.45, 7) is 3.83. The van der Waals surface area contributed by atoms with Crippen LogP contribution in [0.25, 0.3) is 11.3 Å². The predicted molar refractivity (Wildman–Crippen MR) is 98.9 cm³/mol. The number of benzene rings is 1.